The molecule has 0 aliphatic rings. The molecule has 0 spiro atoms. The SMILES string of the molecule is Oc1c(Oc2cccnc2)cccc1Oc1cccnc1. The zero-order valence-electron chi connectivity index (χ0n) is 11.0. The van der Waals surface area contributed by atoms with Crippen molar-refractivity contribution in [3.8, 4) is 28.7 Å². The molecule has 1 N–H and O–H groups in total. The summed E-state index contributed by atoms with van der Waals surface area (Å²) in [5, 5.41) is 10.2. The Morgan fingerprint density at radius 3 is 1.67 bits per heavy atom. The first-order chi connectivity index (χ1) is 10.3. The summed E-state index contributed by atoms with van der Waals surface area (Å²) >= 11 is 0. The molecule has 0 aliphatic carbocycles. The predicted molar refractivity (Wildman–Crippen MR) is 76.7 cm³/mol. The number of ether oxygens (including phenoxy) is 2. The van der Waals surface area contributed by atoms with E-state index in [4.69, 9.17) is 9.47 Å². The number of hydrogen-bond donors (Lipinski definition) is 1. The lowest BCUT2D eigenvalue weighted by Gasteiger charge is -2.11. The summed E-state index contributed by atoms with van der Waals surface area (Å²) in [4.78, 5) is 7.91. The molecule has 0 amide bonds. The number of pyridine rings is 2. The second-order valence-electron chi connectivity index (χ2n) is 4.18. The summed E-state index contributed by atoms with van der Waals surface area (Å²) in [7, 11) is 0. The molecule has 5 nitrogen and oxygen atoms in total. The van der Waals surface area contributed by atoms with Crippen LogP contribution < -0.4 is 9.47 Å². The fourth-order valence-corrected chi connectivity index (χ4v) is 1.74. The van der Waals surface area contributed by atoms with Gasteiger partial charge in [-0.25, -0.2) is 0 Å². The highest BCUT2D eigenvalue weighted by molar-refractivity contribution is 5.52. The highest BCUT2D eigenvalue weighted by Crippen LogP contribution is 2.39. The van der Waals surface area contributed by atoms with E-state index in [9.17, 15) is 5.11 Å². The molecule has 104 valence electrons. The maximum Gasteiger partial charge on any atom is 0.202 e. The van der Waals surface area contributed by atoms with E-state index in [1.165, 1.54) is 0 Å². The highest BCUT2D eigenvalue weighted by Gasteiger charge is 2.11. The van der Waals surface area contributed by atoms with Gasteiger partial charge in [-0.3, -0.25) is 9.97 Å². The van der Waals surface area contributed by atoms with Gasteiger partial charge in [-0.15, -0.1) is 0 Å². The fourth-order valence-electron chi connectivity index (χ4n) is 1.74. The molecule has 0 atom stereocenters. The van der Waals surface area contributed by atoms with Gasteiger partial charge in [-0.2, -0.15) is 0 Å². The van der Waals surface area contributed by atoms with E-state index < -0.39 is 0 Å². The summed E-state index contributed by atoms with van der Waals surface area (Å²) in [5.41, 5.74) is 0. The van der Waals surface area contributed by atoms with Crippen molar-refractivity contribution in [3.05, 3.63) is 67.3 Å². The van der Waals surface area contributed by atoms with Crippen LogP contribution in [-0.2, 0) is 0 Å². The first-order valence-electron chi connectivity index (χ1n) is 6.30. The summed E-state index contributed by atoms with van der Waals surface area (Å²) < 4.78 is 11.2. The van der Waals surface area contributed by atoms with Crippen LogP contribution >= 0.6 is 0 Å². The first kappa shape index (κ1) is 12.9. The van der Waals surface area contributed by atoms with Crippen molar-refractivity contribution >= 4 is 0 Å². The van der Waals surface area contributed by atoms with Gasteiger partial charge in [0.2, 0.25) is 5.75 Å². The second kappa shape index (κ2) is 5.92. The summed E-state index contributed by atoms with van der Waals surface area (Å²) in [6.07, 6.45) is 6.42. The van der Waals surface area contributed by atoms with Gasteiger partial charge in [0.1, 0.15) is 11.5 Å². The van der Waals surface area contributed by atoms with Crippen molar-refractivity contribution in [2.24, 2.45) is 0 Å². The third-order valence-corrected chi connectivity index (χ3v) is 2.69. The number of aromatic hydroxyl groups is 1. The molecule has 2 heterocycles. The zero-order chi connectivity index (χ0) is 14.5. The number of phenols is 1. The number of nitrogens with zero attached hydrogens (tertiary/aromatic N) is 2. The third kappa shape index (κ3) is 3.09. The first-order valence-corrected chi connectivity index (χ1v) is 6.30. The van der Waals surface area contributed by atoms with E-state index in [2.05, 4.69) is 9.97 Å². The largest absolute Gasteiger partial charge is 0.502 e. The maximum atomic E-state index is 10.2. The lowest BCUT2D eigenvalue weighted by Crippen LogP contribution is -1.89. The number of phenolic OH excluding ortho intramolecular Hbond substituents is 1. The topological polar surface area (TPSA) is 64.5 Å². The van der Waals surface area contributed by atoms with Gasteiger partial charge in [0.05, 0.1) is 12.4 Å². The van der Waals surface area contributed by atoms with Crippen molar-refractivity contribution < 1.29 is 14.6 Å². The molecule has 3 rings (SSSR count). The van der Waals surface area contributed by atoms with Gasteiger partial charge in [0, 0.05) is 12.4 Å². The summed E-state index contributed by atoms with van der Waals surface area (Å²) in [5.74, 6) is 1.58. The van der Waals surface area contributed by atoms with E-state index in [0.29, 0.717) is 23.0 Å². The Morgan fingerprint density at radius 2 is 1.24 bits per heavy atom. The van der Waals surface area contributed by atoms with Gasteiger partial charge >= 0.3 is 0 Å². The Bertz CT molecular complexity index is 658. The Balaban J connectivity index is 1.85. The average Bonchev–Trinajstić information content (AvgIpc) is 2.53. The highest BCUT2D eigenvalue weighted by atomic mass is 16.5. The van der Waals surface area contributed by atoms with Crippen LogP contribution in [0, 0.1) is 0 Å². The van der Waals surface area contributed by atoms with Crippen molar-refractivity contribution in [1.82, 2.24) is 9.97 Å². The van der Waals surface area contributed by atoms with Gasteiger partial charge in [-0.1, -0.05) is 6.07 Å². The van der Waals surface area contributed by atoms with Crippen molar-refractivity contribution in [3.63, 3.8) is 0 Å². The van der Waals surface area contributed by atoms with E-state index in [1.807, 2.05) is 0 Å². The molecule has 0 bridgehead atoms. The van der Waals surface area contributed by atoms with E-state index >= 15 is 0 Å². The fraction of sp³-hybridized carbons (Fsp3) is 0. The Kier molecular flexibility index (Phi) is 3.64. The Hall–Kier alpha value is -3.08. The minimum atomic E-state index is -0.0785. The number of aromatic nitrogens is 2. The molecule has 0 fully saturated rings. The zero-order valence-corrected chi connectivity index (χ0v) is 11.0. The minimum Gasteiger partial charge on any atom is -0.502 e. The Morgan fingerprint density at radius 1 is 0.714 bits per heavy atom. The van der Waals surface area contributed by atoms with Crippen molar-refractivity contribution in [2.75, 3.05) is 0 Å². The van der Waals surface area contributed by atoms with Crippen molar-refractivity contribution in [2.45, 2.75) is 0 Å². The quantitative estimate of drug-likeness (QED) is 0.788. The molecular formula is C16H12N2O3. The predicted octanol–water partition coefficient (Wildman–Crippen LogP) is 3.77. The number of para-hydroxylation sites is 1. The molecule has 0 radical (unpaired) electrons. The minimum absolute atomic E-state index is 0.0785. The van der Waals surface area contributed by atoms with E-state index in [-0.39, 0.29) is 5.75 Å². The van der Waals surface area contributed by atoms with Gasteiger partial charge in [0.15, 0.2) is 11.5 Å². The maximum absolute atomic E-state index is 10.2. The summed E-state index contributed by atoms with van der Waals surface area (Å²) in [6, 6.07) is 12.0. The normalized spacial score (nSPS) is 10.1. The molecule has 0 aliphatic heterocycles. The van der Waals surface area contributed by atoms with Gasteiger partial charge in [0.25, 0.3) is 0 Å². The smallest absolute Gasteiger partial charge is 0.202 e. The van der Waals surface area contributed by atoms with Gasteiger partial charge < -0.3 is 14.6 Å². The van der Waals surface area contributed by atoms with Crippen LogP contribution in [-0.4, -0.2) is 15.1 Å². The van der Waals surface area contributed by atoms with Crippen LogP contribution in [0.25, 0.3) is 0 Å². The average molecular weight is 280 g/mol. The molecule has 3 aromatic rings. The molecular weight excluding hydrogens is 268 g/mol. The van der Waals surface area contributed by atoms with E-state index in [0.717, 1.165) is 0 Å². The number of benzene rings is 1. The molecule has 21 heavy (non-hydrogen) atoms. The van der Waals surface area contributed by atoms with Crippen LogP contribution in [0.4, 0.5) is 0 Å². The lowest BCUT2D eigenvalue weighted by atomic mass is 10.3. The molecule has 0 saturated carbocycles. The molecule has 1 aromatic carbocycles. The Labute approximate surface area is 121 Å². The molecule has 2 aromatic heterocycles. The van der Waals surface area contributed by atoms with Crippen molar-refractivity contribution in [1.29, 1.82) is 0 Å². The number of rotatable bonds is 4. The molecule has 5 heteroatoms. The number of hydrogen-bond acceptors (Lipinski definition) is 5. The van der Waals surface area contributed by atoms with Crippen LogP contribution in [0.5, 0.6) is 28.7 Å². The molecule has 0 saturated heterocycles. The van der Waals surface area contributed by atoms with Crippen LogP contribution in [0.3, 0.4) is 0 Å². The van der Waals surface area contributed by atoms with Gasteiger partial charge in [-0.05, 0) is 36.4 Å². The third-order valence-electron chi connectivity index (χ3n) is 2.69. The van der Waals surface area contributed by atoms with Crippen LogP contribution in [0.15, 0.2) is 67.3 Å². The molecule has 0 unspecified atom stereocenters. The van der Waals surface area contributed by atoms with Crippen LogP contribution in [0.1, 0.15) is 0 Å². The van der Waals surface area contributed by atoms with E-state index in [1.54, 1.807) is 67.3 Å². The standard InChI is InChI=1S/C16H12N2O3/c19-16-14(20-12-4-2-8-17-10-12)6-1-7-15(16)21-13-5-3-9-18-11-13/h1-11,19H. The second-order valence-corrected chi connectivity index (χ2v) is 4.18. The lowest BCUT2D eigenvalue weighted by molar-refractivity contribution is 0.377. The van der Waals surface area contributed by atoms with Crippen LogP contribution in [0.2, 0.25) is 0 Å². The summed E-state index contributed by atoms with van der Waals surface area (Å²) in [6.45, 7) is 0. The monoisotopic (exact) mass is 280 g/mol.